The van der Waals surface area contributed by atoms with E-state index in [2.05, 4.69) is 24.3 Å². The van der Waals surface area contributed by atoms with Crippen LogP contribution in [0.5, 0.6) is 23.0 Å². The maximum atomic E-state index is 14.0. The second kappa shape index (κ2) is 15.7. The van der Waals surface area contributed by atoms with Gasteiger partial charge in [0, 0.05) is 36.8 Å². The van der Waals surface area contributed by atoms with Crippen molar-refractivity contribution in [1.29, 1.82) is 0 Å². The van der Waals surface area contributed by atoms with Crippen molar-refractivity contribution in [3.63, 3.8) is 0 Å². The van der Waals surface area contributed by atoms with Gasteiger partial charge in [-0.15, -0.1) is 0 Å². The molecule has 0 amide bonds. The number of rotatable bonds is 7. The molecule has 7 aromatic carbocycles. The van der Waals surface area contributed by atoms with Crippen molar-refractivity contribution in [2.45, 2.75) is 57.3 Å². The zero-order valence-corrected chi connectivity index (χ0v) is 32.8. The molecule has 7 heteroatoms. The molecular weight excluding hydrogens is 729 g/mol. The largest absolute Gasteiger partial charge is 0.507 e. The third-order valence-electron chi connectivity index (χ3n) is 10.7. The lowest BCUT2D eigenvalue weighted by Crippen LogP contribution is -2.14. The molecule has 0 spiro atoms. The summed E-state index contributed by atoms with van der Waals surface area (Å²) in [4.78, 5) is 0.0198. The molecule has 0 heterocycles. The van der Waals surface area contributed by atoms with Crippen molar-refractivity contribution < 1.29 is 27.9 Å². The Balaban J connectivity index is 1.35. The molecule has 0 saturated heterocycles. The molecule has 0 fully saturated rings. The highest BCUT2D eigenvalue weighted by molar-refractivity contribution is 7.87. The fourth-order valence-corrected chi connectivity index (χ4v) is 9.16. The molecule has 0 radical (unpaired) electrons. The summed E-state index contributed by atoms with van der Waals surface area (Å²) in [5, 5.41) is 36.0. The number of aromatic hydroxyl groups is 3. The molecule has 57 heavy (non-hydrogen) atoms. The Morgan fingerprint density at radius 1 is 0.439 bits per heavy atom. The van der Waals surface area contributed by atoms with Gasteiger partial charge < -0.3 is 19.5 Å². The van der Waals surface area contributed by atoms with Crippen molar-refractivity contribution >= 4 is 10.1 Å². The zero-order valence-electron chi connectivity index (χ0n) is 32.0. The summed E-state index contributed by atoms with van der Waals surface area (Å²) in [6, 6.07) is 43.9. The van der Waals surface area contributed by atoms with Crippen molar-refractivity contribution in [1.82, 2.24) is 0 Å². The molecule has 1 aliphatic carbocycles. The normalized spacial score (nSPS) is 12.6. The van der Waals surface area contributed by atoms with E-state index in [1.165, 1.54) is 12.1 Å². The Hall–Kier alpha value is -6.31. The van der Waals surface area contributed by atoms with Crippen molar-refractivity contribution in [3.05, 3.63) is 217 Å². The predicted molar refractivity (Wildman–Crippen MR) is 224 cm³/mol. The minimum absolute atomic E-state index is 0.0198. The Morgan fingerprint density at radius 3 is 1.14 bits per heavy atom. The molecule has 1 aliphatic rings. The summed E-state index contributed by atoms with van der Waals surface area (Å²) >= 11 is 0. The topological polar surface area (TPSA) is 104 Å². The quantitative estimate of drug-likeness (QED) is 0.139. The van der Waals surface area contributed by atoms with Crippen LogP contribution >= 0.6 is 0 Å². The van der Waals surface area contributed by atoms with Crippen LogP contribution < -0.4 is 4.18 Å². The average molecular weight is 773 g/mol. The molecule has 3 N–H and O–H groups in total. The van der Waals surface area contributed by atoms with Crippen LogP contribution in [0.25, 0.3) is 0 Å². The maximum Gasteiger partial charge on any atom is 0.339 e. The van der Waals surface area contributed by atoms with Crippen LogP contribution in [0.4, 0.5) is 0 Å². The van der Waals surface area contributed by atoms with E-state index < -0.39 is 10.1 Å². The van der Waals surface area contributed by atoms with E-state index in [1.54, 1.807) is 18.2 Å². The van der Waals surface area contributed by atoms with Gasteiger partial charge in [0.2, 0.25) is 0 Å². The standard InChI is InChI=1S/C50H44O6S/c1-32-18-38-28-42-24-36(22-34-12-6-3-7-13-34)25-43(49(42)53)29-39-19-33(2)21-41(48(39)52)31-45-27-37(23-35-14-8-4-9-15-35)26-44(30-40(20-32)47(38)51)50(45)56-57(54,55)46-16-10-5-11-17-46/h3-21,24-27,51-53H,22-23,28-31H2,1-2H3. The highest BCUT2D eigenvalue weighted by atomic mass is 32.2. The Kier molecular flexibility index (Phi) is 10.3. The Bertz CT molecular complexity index is 2600. The third kappa shape index (κ3) is 8.30. The molecule has 8 rings (SSSR count). The van der Waals surface area contributed by atoms with Gasteiger partial charge in [-0.2, -0.15) is 8.42 Å². The van der Waals surface area contributed by atoms with Gasteiger partial charge in [-0.25, -0.2) is 0 Å². The first-order valence-electron chi connectivity index (χ1n) is 19.2. The van der Waals surface area contributed by atoms with Gasteiger partial charge in [-0.05, 0) is 94.5 Å². The number of phenolic OH excluding ortho intramolecular Hbond substituents is 3. The summed E-state index contributed by atoms with van der Waals surface area (Å²) in [7, 11) is -4.29. The number of benzene rings is 7. The zero-order chi connectivity index (χ0) is 39.7. The van der Waals surface area contributed by atoms with E-state index in [1.807, 2.05) is 98.8 Å². The maximum absolute atomic E-state index is 14.0. The number of hydrogen-bond acceptors (Lipinski definition) is 6. The third-order valence-corrected chi connectivity index (χ3v) is 11.9. The van der Waals surface area contributed by atoms with Crippen molar-refractivity contribution in [2.24, 2.45) is 0 Å². The van der Waals surface area contributed by atoms with Gasteiger partial charge in [0.1, 0.15) is 27.9 Å². The lowest BCUT2D eigenvalue weighted by Gasteiger charge is -2.21. The molecule has 0 atom stereocenters. The number of aryl methyl sites for hydroxylation is 2. The van der Waals surface area contributed by atoms with Gasteiger partial charge in [0.25, 0.3) is 0 Å². The summed E-state index contributed by atoms with van der Waals surface area (Å²) < 4.78 is 34.2. The number of fused-ring (bicyclic) bond motifs is 8. The van der Waals surface area contributed by atoms with E-state index in [9.17, 15) is 23.7 Å². The SMILES string of the molecule is Cc1cc2c(O)c(c1)Cc1cc(Cc3ccccc3)cc(c1OS(=O)(=O)c1ccccc1)Cc1cc(C)cc(c1O)Cc1cc(Cc3ccccc3)cc(c1O)C2. The molecule has 7 aromatic rings. The summed E-state index contributed by atoms with van der Waals surface area (Å²) in [5.74, 6) is 0.447. The second-order valence-electron chi connectivity index (χ2n) is 15.3. The minimum atomic E-state index is -4.29. The van der Waals surface area contributed by atoms with E-state index in [0.717, 1.165) is 33.4 Å². The predicted octanol–water partition coefficient (Wildman–Crippen LogP) is 10.0. The first-order valence-corrected chi connectivity index (χ1v) is 20.6. The molecule has 0 unspecified atom stereocenters. The van der Waals surface area contributed by atoms with E-state index in [4.69, 9.17) is 4.18 Å². The van der Waals surface area contributed by atoms with Gasteiger partial charge in [0.15, 0.2) is 0 Å². The lowest BCUT2D eigenvalue weighted by molar-refractivity contribution is 0.453. The molecule has 286 valence electrons. The van der Waals surface area contributed by atoms with Gasteiger partial charge in [-0.1, -0.05) is 139 Å². The van der Waals surface area contributed by atoms with Crippen LogP contribution in [0.1, 0.15) is 77.9 Å². The molecule has 8 bridgehead atoms. The molecule has 0 saturated carbocycles. The van der Waals surface area contributed by atoms with Crippen LogP contribution in [0.3, 0.4) is 0 Å². The van der Waals surface area contributed by atoms with Crippen molar-refractivity contribution in [3.8, 4) is 23.0 Å². The summed E-state index contributed by atoms with van der Waals surface area (Å²) in [6.45, 7) is 3.93. The lowest BCUT2D eigenvalue weighted by atomic mass is 9.87. The van der Waals surface area contributed by atoms with Crippen LogP contribution in [0.2, 0.25) is 0 Å². The summed E-state index contributed by atoms with van der Waals surface area (Å²) in [5.41, 5.74) is 10.9. The minimum Gasteiger partial charge on any atom is -0.507 e. The van der Waals surface area contributed by atoms with E-state index in [0.29, 0.717) is 57.3 Å². The van der Waals surface area contributed by atoms with E-state index in [-0.39, 0.29) is 53.6 Å². The molecular formula is C50H44O6S. The monoisotopic (exact) mass is 772 g/mol. The van der Waals surface area contributed by atoms with Gasteiger partial charge in [0.05, 0.1) is 0 Å². The van der Waals surface area contributed by atoms with Crippen LogP contribution in [0.15, 0.2) is 144 Å². The van der Waals surface area contributed by atoms with Crippen LogP contribution in [-0.2, 0) is 48.6 Å². The van der Waals surface area contributed by atoms with Crippen LogP contribution in [0, 0.1) is 13.8 Å². The van der Waals surface area contributed by atoms with E-state index >= 15 is 0 Å². The van der Waals surface area contributed by atoms with Gasteiger partial charge in [-0.3, -0.25) is 0 Å². The highest BCUT2D eigenvalue weighted by Crippen LogP contribution is 2.40. The van der Waals surface area contributed by atoms with Crippen LogP contribution in [-0.4, -0.2) is 23.7 Å². The molecule has 0 aromatic heterocycles. The fraction of sp³-hybridized carbons (Fsp3) is 0.160. The fourth-order valence-electron chi connectivity index (χ4n) is 8.14. The summed E-state index contributed by atoms with van der Waals surface area (Å²) in [6.07, 6.45) is 2.03. The Morgan fingerprint density at radius 2 is 0.754 bits per heavy atom. The number of hydrogen-bond donors (Lipinski definition) is 3. The van der Waals surface area contributed by atoms with Crippen molar-refractivity contribution in [2.75, 3.05) is 0 Å². The second-order valence-corrected chi connectivity index (χ2v) is 16.8. The van der Waals surface area contributed by atoms with Gasteiger partial charge >= 0.3 is 10.1 Å². The number of phenols is 3. The molecule has 0 aliphatic heterocycles. The first kappa shape index (κ1) is 37.6. The molecule has 6 nitrogen and oxygen atoms in total. The smallest absolute Gasteiger partial charge is 0.339 e. The average Bonchev–Trinajstić information content (AvgIpc) is 3.19. The first-order chi connectivity index (χ1) is 27.5. The Labute approximate surface area is 334 Å². The highest BCUT2D eigenvalue weighted by Gasteiger charge is 2.26.